The first-order valence-electron chi connectivity index (χ1n) is 3.54. The lowest BCUT2D eigenvalue weighted by Gasteiger charge is -2.30. The molecule has 1 saturated carbocycles. The Labute approximate surface area is 55.5 Å². The van der Waals surface area contributed by atoms with Crippen LogP contribution < -0.4 is 0 Å². The van der Waals surface area contributed by atoms with Crippen LogP contribution in [-0.4, -0.2) is 13.2 Å². The van der Waals surface area contributed by atoms with Gasteiger partial charge in [-0.25, -0.2) is 10.2 Å². The molecule has 0 heterocycles. The van der Waals surface area contributed by atoms with Gasteiger partial charge in [-0.2, -0.15) is 0 Å². The second-order valence-electron chi connectivity index (χ2n) is 2.78. The van der Waals surface area contributed by atoms with Gasteiger partial charge in [-0.3, -0.25) is 0 Å². The van der Waals surface area contributed by atoms with Crippen LogP contribution in [0.15, 0.2) is 0 Å². The molecule has 1 aliphatic carbocycles. The molecular weight excluding hydrogens is 116 g/mol. The molecule has 0 saturated heterocycles. The van der Waals surface area contributed by atoms with Gasteiger partial charge >= 0.3 is 0 Å². The van der Waals surface area contributed by atoms with E-state index in [4.69, 9.17) is 0 Å². The second-order valence-corrected chi connectivity index (χ2v) is 2.78. The summed E-state index contributed by atoms with van der Waals surface area (Å²) in [4.78, 5) is 0. The summed E-state index contributed by atoms with van der Waals surface area (Å²) in [6, 6.07) is 0. The third-order valence-corrected chi connectivity index (χ3v) is 2.24. The SMILES string of the molecule is [O]CC(C[O])C1CCC1. The van der Waals surface area contributed by atoms with Gasteiger partial charge in [-0.05, 0) is 18.8 Å². The van der Waals surface area contributed by atoms with Crippen LogP contribution in [0.25, 0.3) is 0 Å². The Balaban J connectivity index is 2.19. The van der Waals surface area contributed by atoms with Crippen LogP contribution in [0.4, 0.5) is 0 Å². The van der Waals surface area contributed by atoms with Gasteiger partial charge < -0.3 is 0 Å². The third kappa shape index (κ3) is 1.43. The van der Waals surface area contributed by atoms with Crippen molar-refractivity contribution in [2.45, 2.75) is 19.3 Å². The summed E-state index contributed by atoms with van der Waals surface area (Å²) in [6.07, 6.45) is 3.46. The van der Waals surface area contributed by atoms with Gasteiger partial charge in [-0.15, -0.1) is 0 Å². The van der Waals surface area contributed by atoms with Crippen LogP contribution in [0.2, 0.25) is 0 Å². The van der Waals surface area contributed by atoms with Gasteiger partial charge in [0.05, 0.1) is 13.2 Å². The molecule has 0 aromatic rings. The molecule has 2 nitrogen and oxygen atoms in total. The highest BCUT2D eigenvalue weighted by Crippen LogP contribution is 2.32. The first-order valence-corrected chi connectivity index (χ1v) is 3.54. The average Bonchev–Trinajstić information content (AvgIpc) is 1.78. The van der Waals surface area contributed by atoms with Crippen LogP contribution in [0, 0.1) is 11.8 Å². The summed E-state index contributed by atoms with van der Waals surface area (Å²) in [7, 11) is 0. The van der Waals surface area contributed by atoms with Crippen molar-refractivity contribution in [1.29, 1.82) is 0 Å². The molecule has 1 rings (SSSR count). The van der Waals surface area contributed by atoms with Crippen molar-refractivity contribution in [1.82, 2.24) is 0 Å². The zero-order valence-corrected chi connectivity index (χ0v) is 5.51. The predicted molar refractivity (Wildman–Crippen MR) is 31.9 cm³/mol. The van der Waals surface area contributed by atoms with Gasteiger partial charge in [0.2, 0.25) is 0 Å². The van der Waals surface area contributed by atoms with E-state index in [1.165, 1.54) is 6.42 Å². The summed E-state index contributed by atoms with van der Waals surface area (Å²) < 4.78 is 0. The maximum Gasteiger partial charge on any atom is 0.0876 e. The van der Waals surface area contributed by atoms with Crippen molar-refractivity contribution in [2.75, 3.05) is 13.2 Å². The molecule has 0 aromatic carbocycles. The molecule has 0 N–H and O–H groups in total. The van der Waals surface area contributed by atoms with Crippen LogP contribution in [0.1, 0.15) is 19.3 Å². The van der Waals surface area contributed by atoms with Gasteiger partial charge in [-0.1, -0.05) is 6.42 Å². The van der Waals surface area contributed by atoms with Crippen LogP contribution in [0.5, 0.6) is 0 Å². The molecule has 0 bridgehead atoms. The fourth-order valence-electron chi connectivity index (χ4n) is 1.23. The zero-order chi connectivity index (χ0) is 6.69. The van der Waals surface area contributed by atoms with E-state index in [2.05, 4.69) is 0 Å². The molecule has 9 heavy (non-hydrogen) atoms. The first kappa shape index (κ1) is 7.03. The quantitative estimate of drug-likeness (QED) is 0.549. The molecule has 2 heteroatoms. The third-order valence-electron chi connectivity index (χ3n) is 2.24. The average molecular weight is 128 g/mol. The van der Waals surface area contributed by atoms with Crippen molar-refractivity contribution in [3.8, 4) is 0 Å². The highest BCUT2D eigenvalue weighted by molar-refractivity contribution is 4.76. The van der Waals surface area contributed by atoms with E-state index in [9.17, 15) is 10.2 Å². The Bertz CT molecular complexity index is 75.0. The van der Waals surface area contributed by atoms with Crippen molar-refractivity contribution in [2.24, 2.45) is 11.8 Å². The fraction of sp³-hybridized carbons (Fsp3) is 1.00. The van der Waals surface area contributed by atoms with Gasteiger partial charge in [0.15, 0.2) is 0 Å². The summed E-state index contributed by atoms with van der Waals surface area (Å²) >= 11 is 0. The normalized spacial score (nSPS) is 20.3. The first-order chi connectivity index (χ1) is 4.38. The largest absolute Gasteiger partial charge is 0.236 e. The monoisotopic (exact) mass is 128 g/mol. The predicted octanol–water partition coefficient (Wildman–Crippen LogP) is 1.26. The molecule has 0 amide bonds. The van der Waals surface area contributed by atoms with Crippen molar-refractivity contribution in [3.05, 3.63) is 0 Å². The van der Waals surface area contributed by atoms with E-state index < -0.39 is 0 Å². The van der Waals surface area contributed by atoms with Crippen LogP contribution in [0.3, 0.4) is 0 Å². The minimum Gasteiger partial charge on any atom is -0.236 e. The van der Waals surface area contributed by atoms with Gasteiger partial charge in [0, 0.05) is 5.92 Å². The number of rotatable bonds is 3. The lowest BCUT2D eigenvalue weighted by atomic mass is 9.76. The Morgan fingerprint density at radius 1 is 1.22 bits per heavy atom. The van der Waals surface area contributed by atoms with Crippen molar-refractivity contribution < 1.29 is 10.2 Å². The van der Waals surface area contributed by atoms with E-state index in [1.54, 1.807) is 0 Å². The highest BCUT2D eigenvalue weighted by atomic mass is 16.3. The van der Waals surface area contributed by atoms with Gasteiger partial charge in [0.1, 0.15) is 0 Å². The Kier molecular flexibility index (Phi) is 2.49. The van der Waals surface area contributed by atoms with Gasteiger partial charge in [0.25, 0.3) is 0 Å². The highest BCUT2D eigenvalue weighted by Gasteiger charge is 2.26. The van der Waals surface area contributed by atoms with Crippen LogP contribution >= 0.6 is 0 Å². The Morgan fingerprint density at radius 2 is 1.78 bits per heavy atom. The van der Waals surface area contributed by atoms with Crippen molar-refractivity contribution in [3.63, 3.8) is 0 Å². The number of hydrogen-bond acceptors (Lipinski definition) is 0. The smallest absolute Gasteiger partial charge is 0.0876 e. The molecule has 1 aliphatic rings. The molecular formula is C7H12O2. The second kappa shape index (κ2) is 3.18. The molecule has 0 aromatic heterocycles. The fourth-order valence-corrected chi connectivity index (χ4v) is 1.23. The number of hydrogen-bond donors (Lipinski definition) is 0. The maximum absolute atomic E-state index is 10.3. The Morgan fingerprint density at radius 3 is 1.89 bits per heavy atom. The molecule has 2 radical (unpaired) electrons. The molecule has 0 unspecified atom stereocenters. The summed E-state index contributed by atoms with van der Waals surface area (Å²) in [5.74, 6) is 0.429. The minimum atomic E-state index is -0.159. The van der Waals surface area contributed by atoms with Crippen molar-refractivity contribution >= 4 is 0 Å². The minimum absolute atomic E-state index is 0.0567. The van der Waals surface area contributed by atoms with E-state index in [1.807, 2.05) is 0 Å². The van der Waals surface area contributed by atoms with E-state index in [0.717, 1.165) is 12.8 Å². The summed E-state index contributed by atoms with van der Waals surface area (Å²) in [5.41, 5.74) is 0. The van der Waals surface area contributed by atoms with E-state index >= 15 is 0 Å². The summed E-state index contributed by atoms with van der Waals surface area (Å²) in [6.45, 7) is -0.317. The Hall–Kier alpha value is -0.0800. The van der Waals surface area contributed by atoms with Crippen LogP contribution in [-0.2, 0) is 10.2 Å². The molecule has 0 atom stereocenters. The topological polar surface area (TPSA) is 39.8 Å². The molecule has 1 fully saturated rings. The van der Waals surface area contributed by atoms with E-state index in [-0.39, 0.29) is 19.1 Å². The maximum atomic E-state index is 10.3. The lowest BCUT2D eigenvalue weighted by Crippen LogP contribution is -2.26. The lowest BCUT2D eigenvalue weighted by molar-refractivity contribution is 0.0167. The molecule has 0 aliphatic heterocycles. The molecule has 0 spiro atoms. The molecule has 52 valence electrons. The van der Waals surface area contributed by atoms with E-state index in [0.29, 0.717) is 5.92 Å². The standard InChI is InChI=1S/C7H12O2/c8-4-7(5-9)6-2-1-3-6/h6-7H,1-5H2. The zero-order valence-electron chi connectivity index (χ0n) is 5.51. The summed E-state index contributed by atoms with van der Waals surface area (Å²) in [5, 5.41) is 20.6.